The van der Waals surface area contributed by atoms with E-state index in [1.165, 1.54) is 0 Å². The van der Waals surface area contributed by atoms with Gasteiger partial charge in [-0.15, -0.1) is 0 Å². The smallest absolute Gasteiger partial charge is 0.250 e. The molecule has 0 saturated heterocycles. The molecule has 1 N–H and O–H groups in total. The van der Waals surface area contributed by atoms with Gasteiger partial charge in [0, 0.05) is 0 Å². The van der Waals surface area contributed by atoms with Crippen molar-refractivity contribution in [3.63, 3.8) is 0 Å². The Morgan fingerprint density at radius 3 is 1.60 bits per heavy atom. The minimum atomic E-state index is -1.86. The SMILES string of the molecule is CC(Nc1nc(C(Cl)(Cl)Cl)nc(C(Cl)(Cl)Cl)n1)N(C)C. The van der Waals surface area contributed by atoms with E-state index in [2.05, 4.69) is 20.3 Å². The van der Waals surface area contributed by atoms with Crippen LogP contribution in [0.1, 0.15) is 18.6 Å². The molecule has 0 fully saturated rings. The highest BCUT2D eigenvalue weighted by molar-refractivity contribution is 6.67. The van der Waals surface area contributed by atoms with Gasteiger partial charge in [-0.2, -0.15) is 9.97 Å². The van der Waals surface area contributed by atoms with Gasteiger partial charge in [0.15, 0.2) is 11.6 Å². The minimum Gasteiger partial charge on any atom is -0.339 e. The van der Waals surface area contributed by atoms with Gasteiger partial charge >= 0.3 is 0 Å². The van der Waals surface area contributed by atoms with Crippen molar-refractivity contribution >= 4 is 75.6 Å². The largest absolute Gasteiger partial charge is 0.339 e. The average molecular weight is 402 g/mol. The Kier molecular flexibility index (Phi) is 6.25. The Balaban J connectivity index is 3.24. The highest BCUT2D eigenvalue weighted by Crippen LogP contribution is 2.40. The van der Waals surface area contributed by atoms with Gasteiger partial charge in [0.1, 0.15) is 0 Å². The fraction of sp³-hybridized carbons (Fsp3) is 0.667. The lowest BCUT2D eigenvalue weighted by Crippen LogP contribution is -2.33. The molecule has 0 aromatic carbocycles. The van der Waals surface area contributed by atoms with Crippen LogP contribution in [0.15, 0.2) is 0 Å². The molecule has 0 spiro atoms. The van der Waals surface area contributed by atoms with E-state index in [9.17, 15) is 0 Å². The maximum atomic E-state index is 5.76. The Hall–Kier alpha value is 0.510. The number of alkyl halides is 6. The van der Waals surface area contributed by atoms with E-state index in [1.807, 2.05) is 25.9 Å². The number of nitrogens with one attached hydrogen (secondary N) is 1. The molecule has 0 radical (unpaired) electrons. The first-order chi connectivity index (χ1) is 8.91. The zero-order chi connectivity index (χ0) is 15.7. The molecule has 20 heavy (non-hydrogen) atoms. The summed E-state index contributed by atoms with van der Waals surface area (Å²) in [5, 5.41) is 2.98. The molecule has 1 aromatic rings. The van der Waals surface area contributed by atoms with Crippen molar-refractivity contribution in [2.75, 3.05) is 19.4 Å². The minimum absolute atomic E-state index is 0.0937. The molecule has 1 rings (SSSR count). The van der Waals surface area contributed by atoms with Crippen LogP contribution in [0.5, 0.6) is 0 Å². The van der Waals surface area contributed by atoms with Crippen LogP contribution in [0.3, 0.4) is 0 Å². The summed E-state index contributed by atoms with van der Waals surface area (Å²) in [5.41, 5.74) is 0. The summed E-state index contributed by atoms with van der Waals surface area (Å²) in [6.07, 6.45) is -0.0937. The highest BCUT2D eigenvalue weighted by Gasteiger charge is 2.34. The Morgan fingerprint density at radius 2 is 1.30 bits per heavy atom. The summed E-state index contributed by atoms with van der Waals surface area (Å²) in [7, 11) is 3.73. The van der Waals surface area contributed by atoms with Crippen LogP contribution < -0.4 is 5.32 Å². The van der Waals surface area contributed by atoms with E-state index in [-0.39, 0.29) is 23.8 Å². The molecule has 114 valence electrons. The standard InChI is InChI=1S/C9H11Cl6N5/c1-4(20(2)3)16-7-18-5(8(10,11)12)17-6(19-7)9(13,14)15/h4H,1-3H3,(H,16,17,18,19). The van der Waals surface area contributed by atoms with Crippen LogP contribution in [0.25, 0.3) is 0 Å². The van der Waals surface area contributed by atoms with Crippen molar-refractivity contribution in [1.82, 2.24) is 19.9 Å². The Morgan fingerprint density at radius 1 is 0.900 bits per heavy atom. The van der Waals surface area contributed by atoms with Crippen molar-refractivity contribution < 1.29 is 0 Å². The van der Waals surface area contributed by atoms with Crippen molar-refractivity contribution in [3.8, 4) is 0 Å². The molecule has 0 aliphatic rings. The first-order valence-corrected chi connectivity index (χ1v) is 7.51. The molecule has 1 heterocycles. The number of rotatable bonds is 3. The maximum absolute atomic E-state index is 5.76. The number of halogens is 6. The van der Waals surface area contributed by atoms with Crippen LogP contribution >= 0.6 is 69.6 Å². The van der Waals surface area contributed by atoms with Gasteiger partial charge in [-0.25, -0.2) is 4.98 Å². The van der Waals surface area contributed by atoms with Crippen molar-refractivity contribution in [1.29, 1.82) is 0 Å². The summed E-state index contributed by atoms with van der Waals surface area (Å²) < 4.78 is -3.71. The molecule has 1 aromatic heterocycles. The van der Waals surface area contributed by atoms with Crippen molar-refractivity contribution in [3.05, 3.63) is 11.6 Å². The van der Waals surface area contributed by atoms with E-state index < -0.39 is 7.59 Å². The predicted molar refractivity (Wildman–Crippen MR) is 85.1 cm³/mol. The lowest BCUT2D eigenvalue weighted by molar-refractivity contribution is 0.342. The van der Waals surface area contributed by atoms with Gasteiger partial charge in [0.25, 0.3) is 0 Å². The molecule has 0 aliphatic heterocycles. The van der Waals surface area contributed by atoms with E-state index in [1.54, 1.807) is 0 Å². The van der Waals surface area contributed by atoms with Crippen LogP contribution in [0.2, 0.25) is 0 Å². The van der Waals surface area contributed by atoms with E-state index in [4.69, 9.17) is 69.6 Å². The lowest BCUT2D eigenvalue weighted by atomic mass is 10.5. The predicted octanol–water partition coefficient (Wildman–Crippen LogP) is 3.84. The van der Waals surface area contributed by atoms with Gasteiger partial charge in [-0.1, -0.05) is 69.6 Å². The van der Waals surface area contributed by atoms with Crippen LogP contribution in [0.4, 0.5) is 5.95 Å². The number of hydrogen-bond acceptors (Lipinski definition) is 5. The summed E-state index contributed by atoms with van der Waals surface area (Å²) in [5.74, 6) is -0.122. The molecule has 0 saturated carbocycles. The number of nitrogens with zero attached hydrogens (tertiary/aromatic N) is 4. The van der Waals surface area contributed by atoms with E-state index >= 15 is 0 Å². The molecule has 5 nitrogen and oxygen atoms in total. The third-order valence-corrected chi connectivity index (χ3v) is 3.27. The highest BCUT2D eigenvalue weighted by atomic mass is 35.6. The number of aromatic nitrogens is 3. The van der Waals surface area contributed by atoms with Gasteiger partial charge in [0.05, 0.1) is 6.17 Å². The second kappa shape index (κ2) is 6.73. The molecule has 0 bridgehead atoms. The Bertz CT molecular complexity index is 437. The first-order valence-electron chi connectivity index (χ1n) is 5.24. The molecular weight excluding hydrogens is 391 g/mol. The molecule has 1 unspecified atom stereocenters. The Labute approximate surface area is 146 Å². The topological polar surface area (TPSA) is 53.9 Å². The van der Waals surface area contributed by atoms with Crippen LogP contribution in [-0.2, 0) is 7.59 Å². The second-order valence-electron chi connectivity index (χ2n) is 4.09. The van der Waals surface area contributed by atoms with Gasteiger partial charge < -0.3 is 5.32 Å². The third kappa shape index (κ3) is 5.37. The second-order valence-corrected chi connectivity index (χ2v) is 8.65. The zero-order valence-electron chi connectivity index (χ0n) is 10.6. The molecule has 0 amide bonds. The molecule has 11 heteroatoms. The van der Waals surface area contributed by atoms with Crippen LogP contribution in [-0.4, -0.2) is 40.1 Å². The summed E-state index contributed by atoms with van der Waals surface area (Å²) in [4.78, 5) is 13.8. The summed E-state index contributed by atoms with van der Waals surface area (Å²) >= 11 is 34.6. The first kappa shape index (κ1) is 18.6. The normalized spacial score (nSPS) is 14.5. The zero-order valence-corrected chi connectivity index (χ0v) is 15.2. The number of anilines is 1. The van der Waals surface area contributed by atoms with Crippen molar-refractivity contribution in [2.45, 2.75) is 20.7 Å². The summed E-state index contributed by atoms with van der Waals surface area (Å²) in [6.45, 7) is 1.88. The number of hydrogen-bond donors (Lipinski definition) is 1. The fourth-order valence-corrected chi connectivity index (χ4v) is 1.52. The monoisotopic (exact) mass is 399 g/mol. The fourth-order valence-electron chi connectivity index (χ4n) is 1.01. The lowest BCUT2D eigenvalue weighted by Gasteiger charge is -2.22. The van der Waals surface area contributed by atoms with Gasteiger partial charge in [-0.05, 0) is 21.0 Å². The molecular formula is C9H11Cl6N5. The van der Waals surface area contributed by atoms with E-state index in [0.717, 1.165) is 0 Å². The average Bonchev–Trinajstić information content (AvgIpc) is 2.26. The third-order valence-electron chi connectivity index (χ3n) is 2.26. The molecule has 1 atom stereocenters. The van der Waals surface area contributed by atoms with Crippen molar-refractivity contribution in [2.24, 2.45) is 0 Å². The maximum Gasteiger partial charge on any atom is 0.250 e. The van der Waals surface area contributed by atoms with E-state index in [0.29, 0.717) is 0 Å². The van der Waals surface area contributed by atoms with Gasteiger partial charge in [-0.3, -0.25) is 4.90 Å². The van der Waals surface area contributed by atoms with Crippen LogP contribution in [0, 0.1) is 0 Å². The quantitative estimate of drug-likeness (QED) is 0.616. The molecule has 0 aliphatic carbocycles. The summed E-state index contributed by atoms with van der Waals surface area (Å²) in [6, 6.07) is 0. The van der Waals surface area contributed by atoms with Gasteiger partial charge in [0.2, 0.25) is 13.5 Å².